The lowest BCUT2D eigenvalue weighted by Gasteiger charge is -2.23. The second kappa shape index (κ2) is 5.14. The van der Waals surface area contributed by atoms with E-state index in [1.165, 1.54) is 0 Å². The number of carbonyl (C=O) groups is 2. The molecule has 1 rings (SSSR count). The molecule has 0 aliphatic heterocycles. The van der Waals surface area contributed by atoms with Gasteiger partial charge in [0.05, 0.1) is 6.54 Å². The van der Waals surface area contributed by atoms with Gasteiger partial charge in [0.25, 0.3) is 0 Å². The van der Waals surface area contributed by atoms with E-state index in [4.69, 9.17) is 0 Å². The van der Waals surface area contributed by atoms with E-state index in [0.717, 1.165) is 12.8 Å². The minimum atomic E-state index is 0.0384. The monoisotopic (exact) mass is 212 g/mol. The standard InChI is InChI=1S/C11H20N2O2/c1-4-13(5-2)10(14)8-12(3)11(15)9-6-7-9/h9H,4-8H2,1-3H3. The van der Waals surface area contributed by atoms with Gasteiger partial charge in [0, 0.05) is 26.1 Å². The minimum absolute atomic E-state index is 0.0384. The largest absolute Gasteiger partial charge is 0.342 e. The first kappa shape index (κ1) is 12.0. The number of hydrogen-bond acceptors (Lipinski definition) is 2. The van der Waals surface area contributed by atoms with Crippen molar-refractivity contribution in [3.8, 4) is 0 Å². The van der Waals surface area contributed by atoms with Gasteiger partial charge in [-0.2, -0.15) is 0 Å². The van der Waals surface area contributed by atoms with Crippen molar-refractivity contribution in [3.05, 3.63) is 0 Å². The molecule has 0 spiro atoms. The van der Waals surface area contributed by atoms with Crippen LogP contribution in [0.3, 0.4) is 0 Å². The fraction of sp³-hybridized carbons (Fsp3) is 0.818. The van der Waals surface area contributed by atoms with E-state index in [1.807, 2.05) is 13.8 Å². The van der Waals surface area contributed by atoms with E-state index < -0.39 is 0 Å². The van der Waals surface area contributed by atoms with Crippen LogP contribution < -0.4 is 0 Å². The van der Waals surface area contributed by atoms with Crippen molar-refractivity contribution < 1.29 is 9.59 Å². The van der Waals surface area contributed by atoms with Crippen LogP contribution in [-0.4, -0.2) is 48.3 Å². The number of carbonyl (C=O) groups excluding carboxylic acids is 2. The van der Waals surface area contributed by atoms with E-state index in [0.29, 0.717) is 13.1 Å². The smallest absolute Gasteiger partial charge is 0.242 e. The molecule has 0 saturated heterocycles. The maximum atomic E-state index is 11.7. The van der Waals surface area contributed by atoms with Crippen LogP contribution in [0.5, 0.6) is 0 Å². The van der Waals surface area contributed by atoms with Gasteiger partial charge in [-0.3, -0.25) is 9.59 Å². The first-order valence-electron chi connectivity index (χ1n) is 5.62. The lowest BCUT2D eigenvalue weighted by Crippen LogP contribution is -2.41. The summed E-state index contributed by atoms with van der Waals surface area (Å²) in [6.07, 6.45) is 1.98. The van der Waals surface area contributed by atoms with Crippen molar-refractivity contribution in [3.63, 3.8) is 0 Å². The van der Waals surface area contributed by atoms with Crippen molar-refractivity contribution in [2.45, 2.75) is 26.7 Å². The SMILES string of the molecule is CCN(CC)C(=O)CN(C)C(=O)C1CC1. The van der Waals surface area contributed by atoms with Crippen LogP contribution in [0.2, 0.25) is 0 Å². The zero-order chi connectivity index (χ0) is 11.4. The van der Waals surface area contributed by atoms with Gasteiger partial charge in [0.15, 0.2) is 0 Å². The van der Waals surface area contributed by atoms with Crippen molar-refractivity contribution in [1.82, 2.24) is 9.80 Å². The molecule has 2 amide bonds. The average molecular weight is 212 g/mol. The molecule has 0 radical (unpaired) electrons. The van der Waals surface area contributed by atoms with E-state index in [-0.39, 0.29) is 24.3 Å². The fourth-order valence-electron chi connectivity index (χ4n) is 1.60. The van der Waals surface area contributed by atoms with Gasteiger partial charge in [0.2, 0.25) is 11.8 Å². The minimum Gasteiger partial charge on any atom is -0.342 e. The molecule has 0 aromatic carbocycles. The molecule has 0 bridgehead atoms. The van der Waals surface area contributed by atoms with Crippen LogP contribution in [0.4, 0.5) is 0 Å². The highest BCUT2D eigenvalue weighted by Gasteiger charge is 2.32. The Kier molecular flexibility index (Phi) is 4.12. The second-order valence-electron chi connectivity index (χ2n) is 4.03. The van der Waals surface area contributed by atoms with Gasteiger partial charge in [-0.25, -0.2) is 0 Å². The number of nitrogens with zero attached hydrogens (tertiary/aromatic N) is 2. The van der Waals surface area contributed by atoms with Crippen molar-refractivity contribution in [2.75, 3.05) is 26.7 Å². The first-order valence-corrected chi connectivity index (χ1v) is 5.62. The zero-order valence-corrected chi connectivity index (χ0v) is 9.82. The average Bonchev–Trinajstić information content (AvgIpc) is 3.01. The van der Waals surface area contributed by atoms with E-state index in [2.05, 4.69) is 0 Å². The Hall–Kier alpha value is -1.06. The molecule has 0 N–H and O–H groups in total. The van der Waals surface area contributed by atoms with Crippen LogP contribution in [0.25, 0.3) is 0 Å². The number of rotatable bonds is 5. The van der Waals surface area contributed by atoms with Gasteiger partial charge in [0.1, 0.15) is 0 Å². The maximum Gasteiger partial charge on any atom is 0.242 e. The highest BCUT2D eigenvalue weighted by Crippen LogP contribution is 2.30. The molecule has 1 aliphatic rings. The van der Waals surface area contributed by atoms with Gasteiger partial charge in [-0.15, -0.1) is 0 Å². The summed E-state index contributed by atoms with van der Waals surface area (Å²) in [7, 11) is 1.71. The highest BCUT2D eigenvalue weighted by atomic mass is 16.2. The summed E-state index contributed by atoms with van der Waals surface area (Å²) >= 11 is 0. The van der Waals surface area contributed by atoms with Crippen LogP contribution >= 0.6 is 0 Å². The highest BCUT2D eigenvalue weighted by molar-refractivity contribution is 5.86. The Balaban J connectivity index is 2.38. The summed E-state index contributed by atoms with van der Waals surface area (Å²) in [6, 6.07) is 0. The quantitative estimate of drug-likeness (QED) is 0.674. The van der Waals surface area contributed by atoms with Gasteiger partial charge < -0.3 is 9.80 Å². The normalized spacial score (nSPS) is 14.9. The summed E-state index contributed by atoms with van der Waals surface area (Å²) in [4.78, 5) is 26.6. The molecule has 4 nitrogen and oxygen atoms in total. The molecule has 0 aromatic heterocycles. The van der Waals surface area contributed by atoms with Gasteiger partial charge in [-0.1, -0.05) is 0 Å². The van der Waals surface area contributed by atoms with E-state index in [1.54, 1.807) is 16.8 Å². The Morgan fingerprint density at radius 2 is 1.73 bits per heavy atom. The molecule has 15 heavy (non-hydrogen) atoms. The Morgan fingerprint density at radius 3 is 2.13 bits per heavy atom. The first-order chi connectivity index (χ1) is 7.10. The summed E-state index contributed by atoms with van der Waals surface area (Å²) in [5, 5.41) is 0. The summed E-state index contributed by atoms with van der Waals surface area (Å²) < 4.78 is 0. The maximum absolute atomic E-state index is 11.7. The third-order valence-electron chi connectivity index (χ3n) is 2.79. The van der Waals surface area contributed by atoms with Crippen LogP contribution in [0.15, 0.2) is 0 Å². The molecular weight excluding hydrogens is 192 g/mol. The fourth-order valence-corrected chi connectivity index (χ4v) is 1.60. The predicted octanol–water partition coefficient (Wildman–Crippen LogP) is 0.723. The molecule has 0 atom stereocenters. The number of likely N-dealkylation sites (N-methyl/N-ethyl adjacent to an activating group) is 2. The Morgan fingerprint density at radius 1 is 1.20 bits per heavy atom. The molecule has 1 fully saturated rings. The predicted molar refractivity (Wildman–Crippen MR) is 58.3 cm³/mol. The summed E-state index contributed by atoms with van der Waals surface area (Å²) in [6.45, 7) is 5.53. The van der Waals surface area contributed by atoms with Crippen LogP contribution in [-0.2, 0) is 9.59 Å². The third kappa shape index (κ3) is 3.22. The second-order valence-corrected chi connectivity index (χ2v) is 4.03. The van der Waals surface area contributed by atoms with E-state index >= 15 is 0 Å². The topological polar surface area (TPSA) is 40.6 Å². The van der Waals surface area contributed by atoms with Crippen LogP contribution in [0.1, 0.15) is 26.7 Å². The summed E-state index contributed by atoms with van der Waals surface area (Å²) in [5.74, 6) is 0.353. The molecule has 1 aliphatic carbocycles. The van der Waals surface area contributed by atoms with Crippen molar-refractivity contribution >= 4 is 11.8 Å². The molecule has 1 saturated carbocycles. The van der Waals surface area contributed by atoms with Crippen molar-refractivity contribution in [2.24, 2.45) is 5.92 Å². The Bertz CT molecular complexity index is 245. The molecule has 86 valence electrons. The Labute approximate surface area is 91.2 Å². The molecule has 0 heterocycles. The summed E-state index contributed by atoms with van der Waals surface area (Å²) in [5.41, 5.74) is 0. The lowest BCUT2D eigenvalue weighted by atomic mass is 10.3. The zero-order valence-electron chi connectivity index (χ0n) is 9.82. The van der Waals surface area contributed by atoms with Gasteiger partial charge in [-0.05, 0) is 26.7 Å². The molecule has 0 unspecified atom stereocenters. The molecule has 4 heteroatoms. The van der Waals surface area contributed by atoms with E-state index in [9.17, 15) is 9.59 Å². The van der Waals surface area contributed by atoms with Crippen molar-refractivity contribution in [1.29, 1.82) is 0 Å². The molecular formula is C11H20N2O2. The van der Waals surface area contributed by atoms with Gasteiger partial charge >= 0.3 is 0 Å². The van der Waals surface area contributed by atoms with Crippen LogP contribution in [0, 0.1) is 5.92 Å². The number of hydrogen-bond donors (Lipinski definition) is 0. The molecule has 0 aromatic rings. The number of amides is 2. The lowest BCUT2D eigenvalue weighted by molar-refractivity contribution is -0.139. The third-order valence-corrected chi connectivity index (χ3v) is 2.79.